The topological polar surface area (TPSA) is 18.5 Å². The minimum atomic E-state index is 0.0818. The Bertz CT molecular complexity index is 460. The quantitative estimate of drug-likeness (QED) is 0.782. The zero-order valence-electron chi connectivity index (χ0n) is 13.4. The fraction of sp³-hybridized carbons (Fsp3) is 0.684. The average Bonchev–Trinajstić information content (AvgIpc) is 2.47. The van der Waals surface area contributed by atoms with Gasteiger partial charge in [0.25, 0.3) is 0 Å². The van der Waals surface area contributed by atoms with E-state index in [4.69, 9.17) is 9.47 Å². The highest BCUT2D eigenvalue weighted by Gasteiger charge is 2.41. The molecule has 1 unspecified atom stereocenters. The summed E-state index contributed by atoms with van der Waals surface area (Å²) in [4.78, 5) is 0. The molecule has 3 rings (SSSR count). The summed E-state index contributed by atoms with van der Waals surface area (Å²) in [5.41, 5.74) is 1.43. The molecule has 1 aromatic carbocycles. The van der Waals surface area contributed by atoms with Crippen LogP contribution in [0, 0.1) is 5.92 Å². The maximum absolute atomic E-state index is 6.46. The third-order valence-corrected chi connectivity index (χ3v) is 4.84. The van der Waals surface area contributed by atoms with Gasteiger partial charge in [-0.2, -0.15) is 0 Å². The van der Waals surface area contributed by atoms with Crippen molar-refractivity contribution in [2.75, 3.05) is 13.2 Å². The van der Waals surface area contributed by atoms with E-state index >= 15 is 0 Å². The molecule has 21 heavy (non-hydrogen) atoms. The number of ether oxygens (including phenoxy) is 2. The van der Waals surface area contributed by atoms with Gasteiger partial charge in [-0.3, -0.25) is 0 Å². The molecule has 1 atom stereocenters. The number of benzene rings is 1. The third kappa shape index (κ3) is 3.42. The Kier molecular flexibility index (Phi) is 4.54. The molecule has 1 fully saturated rings. The monoisotopic (exact) mass is 288 g/mol. The normalized spacial score (nSPS) is 23.9. The molecule has 2 aliphatic rings. The lowest BCUT2D eigenvalue weighted by Crippen LogP contribution is -2.43. The van der Waals surface area contributed by atoms with Crippen LogP contribution in [-0.2, 0) is 4.74 Å². The van der Waals surface area contributed by atoms with Crippen molar-refractivity contribution in [3.05, 3.63) is 29.8 Å². The summed E-state index contributed by atoms with van der Waals surface area (Å²) in [6.45, 7) is 6.11. The molecule has 0 aromatic heterocycles. The fourth-order valence-corrected chi connectivity index (χ4v) is 3.84. The van der Waals surface area contributed by atoms with Gasteiger partial charge in [0.1, 0.15) is 11.4 Å². The number of hydrogen-bond acceptors (Lipinski definition) is 2. The van der Waals surface area contributed by atoms with E-state index in [1.807, 2.05) is 0 Å². The van der Waals surface area contributed by atoms with Gasteiger partial charge in [0, 0.05) is 12.5 Å². The van der Waals surface area contributed by atoms with Crippen molar-refractivity contribution in [3.63, 3.8) is 0 Å². The van der Waals surface area contributed by atoms with E-state index in [2.05, 4.69) is 38.1 Å². The van der Waals surface area contributed by atoms with Gasteiger partial charge in [-0.25, -0.2) is 0 Å². The fourth-order valence-electron chi connectivity index (χ4n) is 3.84. The summed E-state index contributed by atoms with van der Waals surface area (Å²) in [5, 5.41) is 0. The second kappa shape index (κ2) is 6.39. The molecule has 0 amide bonds. The Labute approximate surface area is 128 Å². The summed E-state index contributed by atoms with van der Waals surface area (Å²) in [6, 6.07) is 8.57. The first-order valence-corrected chi connectivity index (χ1v) is 8.54. The van der Waals surface area contributed by atoms with Crippen LogP contribution in [0.1, 0.15) is 63.9 Å². The maximum Gasteiger partial charge on any atom is 0.123 e. The predicted molar refractivity (Wildman–Crippen MR) is 85.9 cm³/mol. The first kappa shape index (κ1) is 14.9. The van der Waals surface area contributed by atoms with Gasteiger partial charge < -0.3 is 9.47 Å². The van der Waals surface area contributed by atoms with Crippen LogP contribution in [0.5, 0.6) is 5.75 Å². The SMILES string of the molecule is CC(C)COCC1CC2(CCCCC2)Oc2ccccc21. The molecule has 0 saturated heterocycles. The van der Waals surface area contributed by atoms with Crippen molar-refractivity contribution >= 4 is 0 Å². The predicted octanol–water partition coefficient (Wildman–Crippen LogP) is 4.93. The summed E-state index contributed by atoms with van der Waals surface area (Å²) < 4.78 is 12.4. The largest absolute Gasteiger partial charge is 0.487 e. The molecule has 2 heteroatoms. The Morgan fingerprint density at radius 3 is 2.71 bits per heavy atom. The molecule has 1 saturated carbocycles. The van der Waals surface area contributed by atoms with Gasteiger partial charge in [-0.05, 0) is 49.7 Å². The minimum Gasteiger partial charge on any atom is -0.487 e. The molecule has 0 radical (unpaired) electrons. The van der Waals surface area contributed by atoms with E-state index in [0.717, 1.165) is 25.4 Å². The Balaban J connectivity index is 1.77. The highest BCUT2D eigenvalue weighted by molar-refractivity contribution is 5.39. The highest BCUT2D eigenvalue weighted by Crippen LogP contribution is 2.46. The highest BCUT2D eigenvalue weighted by atomic mass is 16.5. The van der Waals surface area contributed by atoms with E-state index in [9.17, 15) is 0 Å². The van der Waals surface area contributed by atoms with Crippen LogP contribution in [0.4, 0.5) is 0 Å². The zero-order valence-corrected chi connectivity index (χ0v) is 13.4. The maximum atomic E-state index is 6.46. The van der Waals surface area contributed by atoms with Gasteiger partial charge in [0.15, 0.2) is 0 Å². The van der Waals surface area contributed by atoms with Crippen LogP contribution < -0.4 is 4.74 Å². The molecule has 1 spiro atoms. The van der Waals surface area contributed by atoms with Crippen LogP contribution in [-0.4, -0.2) is 18.8 Å². The molecule has 116 valence electrons. The summed E-state index contributed by atoms with van der Waals surface area (Å²) in [6.07, 6.45) is 7.52. The van der Waals surface area contributed by atoms with Gasteiger partial charge in [0.05, 0.1) is 6.61 Å². The average molecular weight is 288 g/mol. The molecular formula is C19H28O2. The van der Waals surface area contributed by atoms with E-state index in [1.165, 1.54) is 37.7 Å². The summed E-state index contributed by atoms with van der Waals surface area (Å²) in [5.74, 6) is 2.19. The second-order valence-corrected chi connectivity index (χ2v) is 7.22. The Morgan fingerprint density at radius 2 is 1.95 bits per heavy atom. The van der Waals surface area contributed by atoms with Crippen molar-refractivity contribution in [2.45, 2.75) is 63.9 Å². The van der Waals surface area contributed by atoms with E-state index < -0.39 is 0 Å². The van der Waals surface area contributed by atoms with Crippen molar-refractivity contribution in [2.24, 2.45) is 5.92 Å². The lowest BCUT2D eigenvalue weighted by molar-refractivity contribution is -0.0143. The molecule has 0 N–H and O–H groups in total. The first-order chi connectivity index (χ1) is 10.2. The smallest absolute Gasteiger partial charge is 0.123 e. The van der Waals surface area contributed by atoms with Crippen LogP contribution >= 0.6 is 0 Å². The van der Waals surface area contributed by atoms with Gasteiger partial charge >= 0.3 is 0 Å². The Hall–Kier alpha value is -1.02. The van der Waals surface area contributed by atoms with Gasteiger partial charge in [-0.15, -0.1) is 0 Å². The molecular weight excluding hydrogens is 260 g/mol. The van der Waals surface area contributed by atoms with E-state index in [1.54, 1.807) is 0 Å². The molecule has 1 aromatic rings. The van der Waals surface area contributed by atoms with Crippen LogP contribution in [0.15, 0.2) is 24.3 Å². The van der Waals surface area contributed by atoms with Crippen LogP contribution in [0.2, 0.25) is 0 Å². The molecule has 2 nitrogen and oxygen atoms in total. The number of para-hydroxylation sites is 1. The van der Waals surface area contributed by atoms with Gasteiger partial charge in [-0.1, -0.05) is 38.5 Å². The lowest BCUT2D eigenvalue weighted by Gasteiger charge is -2.44. The first-order valence-electron chi connectivity index (χ1n) is 8.54. The van der Waals surface area contributed by atoms with Crippen molar-refractivity contribution in [1.29, 1.82) is 0 Å². The van der Waals surface area contributed by atoms with Crippen molar-refractivity contribution < 1.29 is 9.47 Å². The number of hydrogen-bond donors (Lipinski definition) is 0. The number of fused-ring (bicyclic) bond motifs is 1. The minimum absolute atomic E-state index is 0.0818. The van der Waals surface area contributed by atoms with Gasteiger partial charge in [0.2, 0.25) is 0 Å². The summed E-state index contributed by atoms with van der Waals surface area (Å²) in [7, 11) is 0. The molecule has 1 aliphatic heterocycles. The lowest BCUT2D eigenvalue weighted by atomic mass is 9.75. The molecule has 1 aliphatic carbocycles. The second-order valence-electron chi connectivity index (χ2n) is 7.22. The zero-order chi connectivity index (χ0) is 14.7. The molecule has 1 heterocycles. The number of rotatable bonds is 4. The van der Waals surface area contributed by atoms with E-state index in [0.29, 0.717) is 11.8 Å². The van der Waals surface area contributed by atoms with Crippen LogP contribution in [0.25, 0.3) is 0 Å². The Morgan fingerprint density at radius 1 is 1.19 bits per heavy atom. The standard InChI is InChI=1S/C19H28O2/c1-15(2)13-20-14-16-12-19(10-6-3-7-11-19)21-18-9-5-4-8-17(16)18/h4-5,8-9,15-16H,3,6-7,10-14H2,1-2H3. The van der Waals surface area contributed by atoms with Crippen LogP contribution in [0.3, 0.4) is 0 Å². The van der Waals surface area contributed by atoms with E-state index in [-0.39, 0.29) is 5.60 Å². The molecule has 0 bridgehead atoms. The van der Waals surface area contributed by atoms with Crippen molar-refractivity contribution in [3.8, 4) is 5.75 Å². The summed E-state index contributed by atoms with van der Waals surface area (Å²) >= 11 is 0. The third-order valence-electron chi connectivity index (χ3n) is 4.84. The van der Waals surface area contributed by atoms with Crippen molar-refractivity contribution in [1.82, 2.24) is 0 Å².